The van der Waals surface area contributed by atoms with Gasteiger partial charge < -0.3 is 18.9 Å². The zero-order valence-corrected chi connectivity index (χ0v) is 15.5. The molecular weight excluding hydrogens is 344 g/mol. The smallest absolute Gasteiger partial charge is 0.146 e. The second-order valence-corrected chi connectivity index (χ2v) is 5.89. The molecule has 0 N–H and O–H groups in total. The van der Waals surface area contributed by atoms with Gasteiger partial charge in [0.25, 0.3) is 0 Å². The van der Waals surface area contributed by atoms with Gasteiger partial charge in [-0.3, -0.25) is 4.79 Å². The van der Waals surface area contributed by atoms with Gasteiger partial charge in [0.1, 0.15) is 25.3 Å². The number of carbonyl (C=O) groups excluding carboxylic acids is 1. The van der Waals surface area contributed by atoms with Crippen LogP contribution in [0.5, 0.6) is 0 Å². The van der Waals surface area contributed by atoms with Crippen molar-refractivity contribution in [2.75, 3.05) is 20.5 Å². The van der Waals surface area contributed by atoms with E-state index in [4.69, 9.17) is 18.9 Å². The Morgan fingerprint density at radius 3 is 2.11 bits per heavy atom. The summed E-state index contributed by atoms with van der Waals surface area (Å²) >= 11 is 0. The van der Waals surface area contributed by atoms with Gasteiger partial charge in [-0.1, -0.05) is 60.7 Å². The normalized spacial score (nSPS) is 13.5. The van der Waals surface area contributed by atoms with Gasteiger partial charge in [0.15, 0.2) is 0 Å². The van der Waals surface area contributed by atoms with Gasteiger partial charge in [-0.15, -0.1) is 0 Å². The van der Waals surface area contributed by atoms with E-state index in [-0.39, 0.29) is 6.79 Å². The maximum absolute atomic E-state index is 10.8. The van der Waals surface area contributed by atoms with E-state index in [1.165, 1.54) is 6.08 Å². The standard InChI is InChI=1S/C22H26O5/c1-24-18-27-22(17-25-15-19-9-4-2-5-10-19)21(13-8-14-23)26-16-20-11-6-3-7-12-20/h2-14,21-22H,15-18H2,1H3/b13-8+/t21-,22+/m0/s1. The number of allylic oxidation sites excluding steroid dienone is 1. The fourth-order valence-electron chi connectivity index (χ4n) is 2.47. The van der Waals surface area contributed by atoms with Crippen molar-refractivity contribution in [3.8, 4) is 0 Å². The fraction of sp³-hybridized carbons (Fsp3) is 0.318. The molecule has 0 heterocycles. The fourth-order valence-corrected chi connectivity index (χ4v) is 2.47. The van der Waals surface area contributed by atoms with Crippen LogP contribution in [-0.2, 0) is 37.0 Å². The molecule has 0 aromatic heterocycles. The van der Waals surface area contributed by atoms with E-state index in [9.17, 15) is 4.79 Å². The number of benzene rings is 2. The number of carbonyl (C=O) groups is 1. The highest BCUT2D eigenvalue weighted by atomic mass is 16.7. The molecule has 144 valence electrons. The summed E-state index contributed by atoms with van der Waals surface area (Å²) in [5, 5.41) is 0. The van der Waals surface area contributed by atoms with Gasteiger partial charge in [-0.2, -0.15) is 0 Å². The number of aldehydes is 1. The number of ether oxygens (including phenoxy) is 4. The zero-order chi connectivity index (χ0) is 19.2. The largest absolute Gasteiger partial charge is 0.374 e. The monoisotopic (exact) mass is 370 g/mol. The number of hydrogen-bond donors (Lipinski definition) is 0. The van der Waals surface area contributed by atoms with Gasteiger partial charge in [-0.25, -0.2) is 0 Å². The molecule has 5 heteroatoms. The summed E-state index contributed by atoms with van der Waals surface area (Å²) in [7, 11) is 1.56. The quantitative estimate of drug-likeness (QED) is 0.307. The van der Waals surface area contributed by atoms with Gasteiger partial charge >= 0.3 is 0 Å². The minimum absolute atomic E-state index is 0.111. The second-order valence-electron chi connectivity index (χ2n) is 5.89. The van der Waals surface area contributed by atoms with E-state index >= 15 is 0 Å². The molecule has 0 aliphatic heterocycles. The molecule has 0 spiro atoms. The molecule has 0 fully saturated rings. The minimum Gasteiger partial charge on any atom is -0.374 e. The Hall–Kier alpha value is -2.31. The molecule has 0 aliphatic carbocycles. The molecule has 2 aromatic rings. The predicted molar refractivity (Wildman–Crippen MR) is 103 cm³/mol. The maximum Gasteiger partial charge on any atom is 0.146 e. The molecule has 0 bridgehead atoms. The van der Waals surface area contributed by atoms with Crippen LogP contribution in [0.15, 0.2) is 72.8 Å². The van der Waals surface area contributed by atoms with Gasteiger partial charge in [0, 0.05) is 7.11 Å². The molecule has 0 amide bonds. The summed E-state index contributed by atoms with van der Waals surface area (Å²) in [5.41, 5.74) is 2.12. The molecule has 2 rings (SSSR count). The van der Waals surface area contributed by atoms with E-state index < -0.39 is 12.2 Å². The lowest BCUT2D eigenvalue weighted by Crippen LogP contribution is -2.35. The molecule has 0 saturated heterocycles. The summed E-state index contributed by atoms with van der Waals surface area (Å²) in [6.07, 6.45) is 2.96. The van der Waals surface area contributed by atoms with Crippen LogP contribution in [0.25, 0.3) is 0 Å². The number of hydrogen-bond acceptors (Lipinski definition) is 5. The summed E-state index contributed by atoms with van der Waals surface area (Å²) in [4.78, 5) is 10.8. The molecule has 27 heavy (non-hydrogen) atoms. The second kappa shape index (κ2) is 12.9. The van der Waals surface area contributed by atoms with Crippen molar-refractivity contribution < 1.29 is 23.7 Å². The Labute approximate surface area is 160 Å². The lowest BCUT2D eigenvalue weighted by atomic mass is 10.2. The first-order chi connectivity index (χ1) is 13.3. The topological polar surface area (TPSA) is 54.0 Å². The van der Waals surface area contributed by atoms with Gasteiger partial charge in [0.05, 0.1) is 19.8 Å². The average Bonchev–Trinajstić information content (AvgIpc) is 2.72. The Bertz CT molecular complexity index is 657. The predicted octanol–water partition coefficient (Wildman–Crippen LogP) is 3.53. The molecule has 0 radical (unpaired) electrons. The van der Waals surface area contributed by atoms with Gasteiger partial charge in [0.2, 0.25) is 0 Å². The molecular formula is C22H26O5. The molecule has 5 nitrogen and oxygen atoms in total. The van der Waals surface area contributed by atoms with E-state index in [0.717, 1.165) is 17.4 Å². The Kier molecular flexibility index (Phi) is 10.1. The molecule has 2 aromatic carbocycles. The van der Waals surface area contributed by atoms with Crippen molar-refractivity contribution in [1.82, 2.24) is 0 Å². The first-order valence-electron chi connectivity index (χ1n) is 8.83. The van der Waals surface area contributed by atoms with Crippen LogP contribution < -0.4 is 0 Å². The molecule has 0 unspecified atom stereocenters. The molecule has 2 atom stereocenters. The number of methoxy groups -OCH3 is 1. The van der Waals surface area contributed by atoms with Crippen molar-refractivity contribution in [2.45, 2.75) is 25.4 Å². The summed E-state index contributed by atoms with van der Waals surface area (Å²) in [6.45, 7) is 1.29. The molecule has 0 aliphatic rings. The van der Waals surface area contributed by atoms with E-state index in [1.54, 1.807) is 13.2 Å². The summed E-state index contributed by atoms with van der Waals surface area (Å²) in [6, 6.07) is 19.7. The first-order valence-corrected chi connectivity index (χ1v) is 8.83. The Balaban J connectivity index is 1.97. The highest BCUT2D eigenvalue weighted by Gasteiger charge is 2.21. The highest BCUT2D eigenvalue weighted by molar-refractivity contribution is 5.64. The van der Waals surface area contributed by atoms with Crippen LogP contribution in [0.2, 0.25) is 0 Å². The Morgan fingerprint density at radius 1 is 0.889 bits per heavy atom. The van der Waals surface area contributed by atoms with Gasteiger partial charge in [-0.05, 0) is 23.3 Å². The van der Waals surface area contributed by atoms with Crippen molar-refractivity contribution >= 4 is 6.29 Å². The van der Waals surface area contributed by atoms with Crippen LogP contribution in [0.1, 0.15) is 11.1 Å². The van der Waals surface area contributed by atoms with Crippen LogP contribution in [0, 0.1) is 0 Å². The summed E-state index contributed by atoms with van der Waals surface area (Å²) < 4.78 is 22.6. The lowest BCUT2D eigenvalue weighted by molar-refractivity contribution is -0.142. The first kappa shape index (κ1) is 21.0. The van der Waals surface area contributed by atoms with Crippen LogP contribution in [-0.4, -0.2) is 39.0 Å². The van der Waals surface area contributed by atoms with Crippen molar-refractivity contribution in [3.63, 3.8) is 0 Å². The van der Waals surface area contributed by atoms with Crippen LogP contribution in [0.3, 0.4) is 0 Å². The lowest BCUT2D eigenvalue weighted by Gasteiger charge is -2.25. The third-order valence-electron chi connectivity index (χ3n) is 3.82. The van der Waals surface area contributed by atoms with E-state index in [1.807, 2.05) is 60.7 Å². The van der Waals surface area contributed by atoms with Crippen molar-refractivity contribution in [2.24, 2.45) is 0 Å². The third kappa shape index (κ3) is 8.28. The summed E-state index contributed by atoms with van der Waals surface area (Å²) in [5.74, 6) is 0. The zero-order valence-electron chi connectivity index (χ0n) is 15.5. The van der Waals surface area contributed by atoms with E-state index in [0.29, 0.717) is 19.8 Å². The third-order valence-corrected chi connectivity index (χ3v) is 3.82. The average molecular weight is 370 g/mol. The van der Waals surface area contributed by atoms with Crippen LogP contribution in [0.4, 0.5) is 0 Å². The molecule has 0 saturated carbocycles. The van der Waals surface area contributed by atoms with E-state index in [2.05, 4.69) is 0 Å². The number of rotatable bonds is 13. The van der Waals surface area contributed by atoms with Crippen molar-refractivity contribution in [3.05, 3.63) is 83.9 Å². The Morgan fingerprint density at radius 2 is 1.52 bits per heavy atom. The SMILES string of the molecule is COCO[C@H](COCc1ccccc1)[C@H](/C=C/C=O)OCc1ccccc1. The van der Waals surface area contributed by atoms with Crippen LogP contribution >= 0.6 is 0 Å². The van der Waals surface area contributed by atoms with Crippen molar-refractivity contribution in [1.29, 1.82) is 0 Å². The maximum atomic E-state index is 10.8. The minimum atomic E-state index is -0.443. The highest BCUT2D eigenvalue weighted by Crippen LogP contribution is 2.12.